The molecule has 21 heavy (non-hydrogen) atoms. The van der Waals surface area contributed by atoms with Gasteiger partial charge in [0, 0.05) is 44.2 Å². The van der Waals surface area contributed by atoms with E-state index in [2.05, 4.69) is 10.0 Å². The topological polar surface area (TPSA) is 72.4 Å². The second kappa shape index (κ2) is 6.48. The van der Waals surface area contributed by atoms with Crippen molar-refractivity contribution in [3.05, 3.63) is 18.0 Å². The normalized spacial score (nSPS) is 18.8. The van der Waals surface area contributed by atoms with Crippen molar-refractivity contribution in [2.24, 2.45) is 7.05 Å². The van der Waals surface area contributed by atoms with E-state index in [9.17, 15) is 8.42 Å². The van der Waals surface area contributed by atoms with Crippen LogP contribution in [0.1, 0.15) is 32.4 Å². The zero-order valence-corrected chi connectivity index (χ0v) is 13.8. The quantitative estimate of drug-likeness (QED) is 0.821. The predicted molar refractivity (Wildman–Crippen MR) is 81.6 cm³/mol. The molecule has 0 aliphatic carbocycles. The van der Waals surface area contributed by atoms with Crippen molar-refractivity contribution in [2.45, 2.75) is 43.7 Å². The Bertz CT molecular complexity index is 574. The average Bonchev–Trinajstić information content (AvgIpc) is 2.78. The first-order valence-electron chi connectivity index (χ1n) is 7.34. The van der Waals surface area contributed by atoms with Gasteiger partial charge in [-0.15, -0.1) is 0 Å². The molecule has 1 fully saturated rings. The van der Waals surface area contributed by atoms with Crippen LogP contribution in [0.3, 0.4) is 0 Å². The van der Waals surface area contributed by atoms with Gasteiger partial charge in [0.1, 0.15) is 0 Å². The lowest BCUT2D eigenvalue weighted by molar-refractivity contribution is 0.0537. The van der Waals surface area contributed by atoms with Crippen LogP contribution in [0.5, 0.6) is 0 Å². The zero-order chi connectivity index (χ0) is 15.5. The molecule has 7 heteroatoms. The molecule has 1 aromatic heterocycles. The molecular weight excluding hydrogens is 290 g/mol. The van der Waals surface area contributed by atoms with Gasteiger partial charge in [-0.25, -0.2) is 13.1 Å². The highest BCUT2D eigenvalue weighted by molar-refractivity contribution is 7.89. The summed E-state index contributed by atoms with van der Waals surface area (Å²) in [4.78, 5) is 0.325. The Morgan fingerprint density at radius 2 is 2.05 bits per heavy atom. The van der Waals surface area contributed by atoms with Crippen LogP contribution in [0.4, 0.5) is 0 Å². The third kappa shape index (κ3) is 4.06. The van der Waals surface area contributed by atoms with E-state index in [4.69, 9.17) is 4.74 Å². The smallest absolute Gasteiger partial charge is 0.242 e. The van der Waals surface area contributed by atoms with Crippen molar-refractivity contribution >= 4 is 10.0 Å². The van der Waals surface area contributed by atoms with Gasteiger partial charge in [-0.3, -0.25) is 0 Å². The SMILES string of the molecule is CCNCc1cc(S(=O)(=O)NC2(C)CCOCC2)cn1C. The zero-order valence-electron chi connectivity index (χ0n) is 13.0. The van der Waals surface area contributed by atoms with Crippen LogP contribution in [-0.2, 0) is 28.4 Å². The summed E-state index contributed by atoms with van der Waals surface area (Å²) < 4.78 is 35.1. The number of nitrogens with one attached hydrogen (secondary N) is 2. The summed E-state index contributed by atoms with van der Waals surface area (Å²) in [7, 11) is -1.64. The minimum absolute atomic E-state index is 0.325. The Morgan fingerprint density at radius 3 is 2.67 bits per heavy atom. The number of aromatic nitrogens is 1. The minimum atomic E-state index is -3.50. The number of hydrogen-bond acceptors (Lipinski definition) is 4. The van der Waals surface area contributed by atoms with E-state index in [1.807, 2.05) is 25.5 Å². The summed E-state index contributed by atoms with van der Waals surface area (Å²) in [5, 5.41) is 3.21. The molecule has 0 spiro atoms. The van der Waals surface area contributed by atoms with Gasteiger partial charge < -0.3 is 14.6 Å². The molecule has 0 saturated carbocycles. The third-order valence-electron chi connectivity index (χ3n) is 3.93. The molecule has 0 radical (unpaired) electrons. The van der Waals surface area contributed by atoms with Crippen molar-refractivity contribution < 1.29 is 13.2 Å². The maximum Gasteiger partial charge on any atom is 0.242 e. The van der Waals surface area contributed by atoms with Crippen LogP contribution in [0.2, 0.25) is 0 Å². The first-order valence-corrected chi connectivity index (χ1v) is 8.82. The van der Waals surface area contributed by atoms with Crippen LogP contribution >= 0.6 is 0 Å². The minimum Gasteiger partial charge on any atom is -0.381 e. The molecule has 6 nitrogen and oxygen atoms in total. The summed E-state index contributed by atoms with van der Waals surface area (Å²) in [5.74, 6) is 0. The highest BCUT2D eigenvalue weighted by Gasteiger charge is 2.33. The Morgan fingerprint density at radius 1 is 1.38 bits per heavy atom. The van der Waals surface area contributed by atoms with Gasteiger partial charge in [0.05, 0.1) is 4.90 Å². The molecule has 2 N–H and O–H groups in total. The van der Waals surface area contributed by atoms with Crippen LogP contribution in [0, 0.1) is 0 Å². The van der Waals surface area contributed by atoms with Gasteiger partial charge in [-0.1, -0.05) is 6.92 Å². The molecule has 1 aliphatic heterocycles. The summed E-state index contributed by atoms with van der Waals surface area (Å²) in [5.41, 5.74) is 0.531. The lowest BCUT2D eigenvalue weighted by Gasteiger charge is -2.33. The summed E-state index contributed by atoms with van der Waals surface area (Å²) in [6, 6.07) is 1.73. The molecule has 0 bridgehead atoms. The van der Waals surface area contributed by atoms with Gasteiger partial charge in [-0.2, -0.15) is 0 Å². The van der Waals surface area contributed by atoms with Crippen molar-refractivity contribution in [1.82, 2.24) is 14.6 Å². The fraction of sp³-hybridized carbons (Fsp3) is 0.714. The number of sulfonamides is 1. The molecule has 1 aromatic rings. The fourth-order valence-corrected chi connectivity index (χ4v) is 4.02. The molecule has 1 saturated heterocycles. The van der Waals surface area contributed by atoms with Crippen molar-refractivity contribution in [2.75, 3.05) is 19.8 Å². The van der Waals surface area contributed by atoms with E-state index in [-0.39, 0.29) is 0 Å². The Labute approximate surface area is 126 Å². The summed E-state index contributed by atoms with van der Waals surface area (Å²) in [6.45, 7) is 6.67. The monoisotopic (exact) mass is 315 g/mol. The van der Waals surface area contributed by atoms with Crippen LogP contribution in [0.15, 0.2) is 17.2 Å². The van der Waals surface area contributed by atoms with E-state index in [1.165, 1.54) is 0 Å². The number of rotatable bonds is 6. The number of hydrogen-bond donors (Lipinski definition) is 2. The highest BCUT2D eigenvalue weighted by Crippen LogP contribution is 2.23. The predicted octanol–water partition coefficient (Wildman–Crippen LogP) is 0.982. The van der Waals surface area contributed by atoms with Gasteiger partial charge in [-0.05, 0) is 32.4 Å². The van der Waals surface area contributed by atoms with E-state index in [1.54, 1.807) is 12.3 Å². The largest absolute Gasteiger partial charge is 0.381 e. The molecule has 1 aliphatic rings. The molecule has 0 amide bonds. The second-order valence-corrected chi connectivity index (χ2v) is 7.52. The first kappa shape index (κ1) is 16.5. The number of nitrogens with zero attached hydrogens (tertiary/aromatic N) is 1. The van der Waals surface area contributed by atoms with Crippen LogP contribution < -0.4 is 10.0 Å². The standard InChI is InChI=1S/C14H25N3O3S/c1-4-15-10-12-9-13(11-17(12)3)21(18,19)16-14(2)5-7-20-8-6-14/h9,11,15-16H,4-8,10H2,1-3H3. The highest BCUT2D eigenvalue weighted by atomic mass is 32.2. The molecule has 0 unspecified atom stereocenters. The maximum absolute atomic E-state index is 12.6. The third-order valence-corrected chi connectivity index (χ3v) is 5.53. The summed E-state index contributed by atoms with van der Waals surface area (Å²) in [6.07, 6.45) is 3.06. The molecule has 0 aromatic carbocycles. The van der Waals surface area contributed by atoms with Crippen molar-refractivity contribution in [3.8, 4) is 0 Å². The summed E-state index contributed by atoms with van der Waals surface area (Å²) >= 11 is 0. The van der Waals surface area contributed by atoms with Crippen LogP contribution in [-0.4, -0.2) is 38.3 Å². The Kier molecular flexibility index (Phi) is 5.08. The Balaban J connectivity index is 2.15. The second-order valence-electron chi connectivity index (χ2n) is 5.84. The first-order chi connectivity index (χ1) is 9.86. The molecule has 0 atom stereocenters. The number of aryl methyl sites for hydroxylation is 1. The van der Waals surface area contributed by atoms with Gasteiger partial charge in [0.15, 0.2) is 0 Å². The van der Waals surface area contributed by atoms with Crippen LogP contribution in [0.25, 0.3) is 0 Å². The van der Waals surface area contributed by atoms with Gasteiger partial charge >= 0.3 is 0 Å². The van der Waals surface area contributed by atoms with Gasteiger partial charge in [0.25, 0.3) is 0 Å². The van der Waals surface area contributed by atoms with Crippen molar-refractivity contribution in [3.63, 3.8) is 0 Å². The maximum atomic E-state index is 12.6. The van der Waals surface area contributed by atoms with E-state index in [0.29, 0.717) is 37.5 Å². The molecule has 120 valence electrons. The molecule has 2 heterocycles. The van der Waals surface area contributed by atoms with E-state index in [0.717, 1.165) is 12.2 Å². The van der Waals surface area contributed by atoms with E-state index < -0.39 is 15.6 Å². The fourth-order valence-electron chi connectivity index (χ4n) is 2.46. The number of ether oxygens (including phenoxy) is 1. The molecular formula is C14H25N3O3S. The Hall–Kier alpha value is -0.890. The lowest BCUT2D eigenvalue weighted by Crippen LogP contribution is -2.49. The van der Waals surface area contributed by atoms with Crippen molar-refractivity contribution in [1.29, 1.82) is 0 Å². The average molecular weight is 315 g/mol. The van der Waals surface area contributed by atoms with E-state index >= 15 is 0 Å². The van der Waals surface area contributed by atoms with Gasteiger partial charge in [0.2, 0.25) is 10.0 Å². The lowest BCUT2D eigenvalue weighted by atomic mass is 9.94. The molecule has 2 rings (SSSR count).